The van der Waals surface area contributed by atoms with E-state index in [1.807, 2.05) is 30.3 Å². The fraction of sp³-hybridized carbons (Fsp3) is 0.0588. The maximum Gasteiger partial charge on any atom is 0.299 e. The quantitative estimate of drug-likeness (QED) is 0.591. The molecule has 2 heterocycles. The summed E-state index contributed by atoms with van der Waals surface area (Å²) in [4.78, 5) is 4.27. The second-order valence-corrected chi connectivity index (χ2v) is 5.19. The first-order chi connectivity index (χ1) is 10.8. The molecule has 22 heavy (non-hydrogen) atoms. The van der Waals surface area contributed by atoms with Gasteiger partial charge in [-0.25, -0.2) is 4.98 Å². The first-order valence-electron chi connectivity index (χ1n) is 7.01. The molecule has 2 aromatic heterocycles. The van der Waals surface area contributed by atoms with E-state index in [2.05, 4.69) is 39.6 Å². The van der Waals surface area contributed by atoms with E-state index in [0.717, 1.165) is 27.9 Å². The minimum atomic E-state index is 0.467. The molecule has 0 fully saturated rings. The molecule has 2 N–H and O–H groups in total. The second kappa shape index (κ2) is 5.04. The Morgan fingerprint density at radius 1 is 1.05 bits per heavy atom. The van der Waals surface area contributed by atoms with E-state index in [1.54, 1.807) is 12.4 Å². The van der Waals surface area contributed by atoms with Crippen molar-refractivity contribution < 1.29 is 4.42 Å². The van der Waals surface area contributed by atoms with Gasteiger partial charge in [-0.3, -0.25) is 5.10 Å². The number of hydrogen-bond acceptors (Lipinski definition) is 4. The molecule has 5 heteroatoms. The van der Waals surface area contributed by atoms with Crippen LogP contribution in [0.1, 0.15) is 5.56 Å². The molecular weight excluding hydrogens is 276 g/mol. The molecule has 0 atom stereocenters. The molecule has 4 aromatic rings. The summed E-state index contributed by atoms with van der Waals surface area (Å²) in [5.41, 5.74) is 4.09. The fourth-order valence-electron chi connectivity index (χ4n) is 2.32. The zero-order valence-corrected chi connectivity index (χ0v) is 12.0. The monoisotopic (exact) mass is 290 g/mol. The molecule has 5 nitrogen and oxygen atoms in total. The average Bonchev–Trinajstić information content (AvgIpc) is 3.17. The van der Waals surface area contributed by atoms with Crippen LogP contribution in [0.4, 0.5) is 11.7 Å². The van der Waals surface area contributed by atoms with E-state index in [-0.39, 0.29) is 0 Å². The molecule has 0 bridgehead atoms. The lowest BCUT2D eigenvalue weighted by molar-refractivity contribution is 0.592. The largest absolute Gasteiger partial charge is 0.423 e. The summed E-state index contributed by atoms with van der Waals surface area (Å²) < 4.78 is 5.76. The minimum absolute atomic E-state index is 0.467. The lowest BCUT2D eigenvalue weighted by Crippen LogP contribution is -1.89. The van der Waals surface area contributed by atoms with Crippen LogP contribution < -0.4 is 5.32 Å². The zero-order chi connectivity index (χ0) is 14.9. The SMILES string of the molecule is Cc1ccc(-c2cnc(Nc3ccc4cn[nH]c4c3)o2)cc1. The standard InChI is InChI=1S/C17H14N4O/c1-11-2-4-12(5-3-11)16-10-18-17(22-16)20-14-7-6-13-9-19-21-15(13)8-14/h2-10H,1H3,(H,18,20)(H,19,21). The lowest BCUT2D eigenvalue weighted by atomic mass is 10.1. The maximum atomic E-state index is 5.76. The third-order valence-electron chi connectivity index (χ3n) is 3.53. The molecule has 0 radical (unpaired) electrons. The highest BCUT2D eigenvalue weighted by molar-refractivity contribution is 5.82. The van der Waals surface area contributed by atoms with Crippen LogP contribution in [0.15, 0.2) is 59.3 Å². The van der Waals surface area contributed by atoms with Crippen molar-refractivity contribution in [3.63, 3.8) is 0 Å². The summed E-state index contributed by atoms with van der Waals surface area (Å²) in [5, 5.41) is 11.2. The highest BCUT2D eigenvalue weighted by Crippen LogP contribution is 2.25. The van der Waals surface area contributed by atoms with Gasteiger partial charge in [0.25, 0.3) is 6.01 Å². The summed E-state index contributed by atoms with van der Waals surface area (Å²) in [6, 6.07) is 14.5. The first-order valence-corrected chi connectivity index (χ1v) is 7.01. The number of hydrogen-bond donors (Lipinski definition) is 2. The van der Waals surface area contributed by atoms with Crippen molar-refractivity contribution >= 4 is 22.6 Å². The van der Waals surface area contributed by atoms with Crippen molar-refractivity contribution in [3.8, 4) is 11.3 Å². The van der Waals surface area contributed by atoms with Crippen LogP contribution >= 0.6 is 0 Å². The van der Waals surface area contributed by atoms with Crippen molar-refractivity contribution in [3.05, 3.63) is 60.4 Å². The summed E-state index contributed by atoms with van der Waals surface area (Å²) in [6.07, 6.45) is 3.52. The van der Waals surface area contributed by atoms with Crippen molar-refractivity contribution in [1.29, 1.82) is 0 Å². The molecule has 0 saturated carbocycles. The van der Waals surface area contributed by atoms with Gasteiger partial charge >= 0.3 is 0 Å². The third kappa shape index (κ3) is 2.33. The predicted octanol–water partition coefficient (Wildman–Crippen LogP) is 4.27. The van der Waals surface area contributed by atoms with Crippen LogP contribution in [0, 0.1) is 6.92 Å². The van der Waals surface area contributed by atoms with Crippen LogP contribution in [0.25, 0.3) is 22.2 Å². The van der Waals surface area contributed by atoms with Crippen LogP contribution in [0.3, 0.4) is 0 Å². The number of aromatic nitrogens is 3. The Hall–Kier alpha value is -3.08. The Kier molecular flexibility index (Phi) is 2.89. The third-order valence-corrected chi connectivity index (χ3v) is 3.53. The van der Waals surface area contributed by atoms with E-state index in [0.29, 0.717) is 6.01 Å². The van der Waals surface area contributed by atoms with Crippen molar-refractivity contribution in [2.45, 2.75) is 6.92 Å². The van der Waals surface area contributed by atoms with Crippen molar-refractivity contribution in [2.75, 3.05) is 5.32 Å². The number of fused-ring (bicyclic) bond motifs is 1. The Bertz CT molecular complexity index is 921. The Labute approximate surface area is 127 Å². The molecule has 0 unspecified atom stereocenters. The highest BCUT2D eigenvalue weighted by atomic mass is 16.4. The van der Waals surface area contributed by atoms with Gasteiger partial charge in [-0.2, -0.15) is 5.10 Å². The molecule has 0 aliphatic rings. The topological polar surface area (TPSA) is 66.7 Å². The number of benzene rings is 2. The molecule has 0 amide bonds. The molecule has 0 saturated heterocycles. The molecule has 0 spiro atoms. The van der Waals surface area contributed by atoms with Gasteiger partial charge in [0, 0.05) is 16.6 Å². The number of anilines is 2. The van der Waals surface area contributed by atoms with Gasteiger partial charge < -0.3 is 9.73 Å². The van der Waals surface area contributed by atoms with Crippen LogP contribution in [0.5, 0.6) is 0 Å². The Balaban J connectivity index is 1.59. The molecule has 4 rings (SSSR count). The van der Waals surface area contributed by atoms with Gasteiger partial charge in [-0.05, 0) is 25.1 Å². The van der Waals surface area contributed by atoms with E-state index < -0.39 is 0 Å². The zero-order valence-electron chi connectivity index (χ0n) is 12.0. The van der Waals surface area contributed by atoms with Crippen LogP contribution in [-0.4, -0.2) is 15.2 Å². The molecule has 2 aromatic carbocycles. The van der Waals surface area contributed by atoms with Crippen molar-refractivity contribution in [1.82, 2.24) is 15.2 Å². The van der Waals surface area contributed by atoms with Gasteiger partial charge in [0.05, 0.1) is 17.9 Å². The Morgan fingerprint density at radius 2 is 1.91 bits per heavy atom. The van der Waals surface area contributed by atoms with Gasteiger partial charge in [0.2, 0.25) is 0 Å². The summed E-state index contributed by atoms with van der Waals surface area (Å²) in [6.45, 7) is 2.06. The fourth-order valence-corrected chi connectivity index (χ4v) is 2.32. The Morgan fingerprint density at radius 3 is 2.77 bits per heavy atom. The van der Waals surface area contributed by atoms with Crippen LogP contribution in [0.2, 0.25) is 0 Å². The number of H-pyrrole nitrogens is 1. The normalized spacial score (nSPS) is 11.0. The first kappa shape index (κ1) is 12.6. The average molecular weight is 290 g/mol. The summed E-state index contributed by atoms with van der Waals surface area (Å²) >= 11 is 0. The second-order valence-electron chi connectivity index (χ2n) is 5.19. The minimum Gasteiger partial charge on any atom is -0.423 e. The van der Waals surface area contributed by atoms with Gasteiger partial charge in [-0.1, -0.05) is 29.8 Å². The van der Waals surface area contributed by atoms with E-state index in [4.69, 9.17) is 4.42 Å². The van der Waals surface area contributed by atoms with Crippen molar-refractivity contribution in [2.24, 2.45) is 0 Å². The predicted molar refractivity (Wildman–Crippen MR) is 86.1 cm³/mol. The van der Waals surface area contributed by atoms with Crippen LogP contribution in [-0.2, 0) is 0 Å². The number of aromatic amines is 1. The van der Waals surface area contributed by atoms with E-state index >= 15 is 0 Å². The van der Waals surface area contributed by atoms with Gasteiger partial charge in [-0.15, -0.1) is 0 Å². The highest BCUT2D eigenvalue weighted by Gasteiger charge is 2.07. The smallest absolute Gasteiger partial charge is 0.299 e. The number of oxazole rings is 1. The molecule has 0 aliphatic heterocycles. The number of rotatable bonds is 3. The van der Waals surface area contributed by atoms with Gasteiger partial charge in [0.15, 0.2) is 5.76 Å². The summed E-state index contributed by atoms with van der Waals surface area (Å²) in [7, 11) is 0. The molecule has 0 aliphatic carbocycles. The number of aryl methyl sites for hydroxylation is 1. The lowest BCUT2D eigenvalue weighted by Gasteiger charge is -2.01. The maximum absolute atomic E-state index is 5.76. The van der Waals surface area contributed by atoms with E-state index in [9.17, 15) is 0 Å². The molecular formula is C17H14N4O. The van der Waals surface area contributed by atoms with Gasteiger partial charge in [0.1, 0.15) is 0 Å². The molecule has 108 valence electrons. The summed E-state index contributed by atoms with van der Waals surface area (Å²) in [5.74, 6) is 0.741. The van der Waals surface area contributed by atoms with E-state index in [1.165, 1.54) is 5.56 Å². The number of nitrogens with one attached hydrogen (secondary N) is 2. The number of nitrogens with zero attached hydrogens (tertiary/aromatic N) is 2.